The molecule has 0 radical (unpaired) electrons. The van der Waals surface area contributed by atoms with Crippen molar-refractivity contribution in [1.82, 2.24) is 4.90 Å². The smallest absolute Gasteiger partial charge is 0.321 e. The van der Waals surface area contributed by atoms with Crippen molar-refractivity contribution in [3.63, 3.8) is 0 Å². The van der Waals surface area contributed by atoms with Crippen molar-refractivity contribution < 1.29 is 20.1 Å². The molecular formula is C16H20ClNO4. The minimum Gasteiger partial charge on any atom is -0.507 e. The summed E-state index contributed by atoms with van der Waals surface area (Å²) < 4.78 is 0. The zero-order valence-electron chi connectivity index (χ0n) is 12.4. The predicted octanol–water partition coefficient (Wildman–Crippen LogP) is 2.36. The number of phenols is 1. The molecule has 3 N–H and O–H groups in total. The van der Waals surface area contributed by atoms with Gasteiger partial charge in [0.1, 0.15) is 11.8 Å². The second-order valence-corrected chi connectivity index (χ2v) is 6.13. The Balaban J connectivity index is 2.12. The quantitative estimate of drug-likeness (QED) is 0.791. The highest BCUT2D eigenvalue weighted by Gasteiger charge is 2.32. The van der Waals surface area contributed by atoms with E-state index in [1.54, 1.807) is 18.2 Å². The van der Waals surface area contributed by atoms with Crippen molar-refractivity contribution in [3.05, 3.63) is 34.4 Å². The predicted molar refractivity (Wildman–Crippen MR) is 85.0 cm³/mol. The standard InChI is InChI=1S/C16H20ClNO4/c1-10(6-11-7-12(17)2-3-15(11)20)9-18-5-4-13(19)8-14(18)16(21)22/h2-3,6-7,13-14,19-20H,4-5,8-9H2,1H3,(H,21,22)/b10-6+/t13-,14+/m1/s1. The third-order valence-corrected chi connectivity index (χ3v) is 4.05. The van der Waals surface area contributed by atoms with Gasteiger partial charge >= 0.3 is 5.97 Å². The SMILES string of the molecule is C/C(=C\c1cc(Cl)ccc1O)CN1CC[C@@H](O)C[C@H]1C(=O)O. The van der Waals surface area contributed by atoms with Crippen LogP contribution in [0.1, 0.15) is 25.3 Å². The number of carbonyl (C=O) groups is 1. The monoisotopic (exact) mass is 325 g/mol. The molecule has 0 amide bonds. The normalized spacial score (nSPS) is 23.5. The molecular weight excluding hydrogens is 306 g/mol. The van der Waals surface area contributed by atoms with Crippen LogP contribution in [0.2, 0.25) is 5.02 Å². The maximum Gasteiger partial charge on any atom is 0.321 e. The summed E-state index contributed by atoms with van der Waals surface area (Å²) in [5, 5.41) is 29.3. The number of likely N-dealkylation sites (tertiary alicyclic amines) is 1. The zero-order valence-corrected chi connectivity index (χ0v) is 13.1. The Kier molecular flexibility index (Phi) is 5.45. The van der Waals surface area contributed by atoms with Crippen molar-refractivity contribution in [2.24, 2.45) is 0 Å². The molecule has 1 aromatic carbocycles. The molecule has 2 rings (SSSR count). The molecule has 0 saturated carbocycles. The summed E-state index contributed by atoms with van der Waals surface area (Å²) in [5.41, 5.74) is 1.52. The summed E-state index contributed by atoms with van der Waals surface area (Å²) >= 11 is 5.92. The highest BCUT2D eigenvalue weighted by Crippen LogP contribution is 2.25. The van der Waals surface area contributed by atoms with Crippen molar-refractivity contribution >= 4 is 23.6 Å². The molecule has 1 aliphatic heterocycles. The summed E-state index contributed by atoms with van der Waals surface area (Å²) in [6, 6.07) is 4.11. The summed E-state index contributed by atoms with van der Waals surface area (Å²) in [4.78, 5) is 13.2. The number of carboxylic acid groups (broad SMARTS) is 1. The van der Waals surface area contributed by atoms with E-state index < -0.39 is 18.1 Å². The van der Waals surface area contributed by atoms with Gasteiger partial charge in [-0.05, 0) is 38.0 Å². The third kappa shape index (κ3) is 4.22. The molecule has 1 aromatic rings. The van der Waals surface area contributed by atoms with E-state index in [9.17, 15) is 20.1 Å². The van der Waals surface area contributed by atoms with E-state index in [1.165, 1.54) is 6.07 Å². The van der Waals surface area contributed by atoms with Crippen molar-refractivity contribution in [3.8, 4) is 5.75 Å². The van der Waals surface area contributed by atoms with E-state index in [0.717, 1.165) is 5.57 Å². The zero-order chi connectivity index (χ0) is 16.3. The molecule has 0 bridgehead atoms. The first-order valence-corrected chi connectivity index (χ1v) is 7.55. The number of piperidine rings is 1. The van der Waals surface area contributed by atoms with Crippen molar-refractivity contribution in [2.75, 3.05) is 13.1 Å². The number of rotatable bonds is 4. The third-order valence-electron chi connectivity index (χ3n) is 3.81. The number of halogens is 1. The molecule has 22 heavy (non-hydrogen) atoms. The highest BCUT2D eigenvalue weighted by molar-refractivity contribution is 6.30. The molecule has 0 aromatic heterocycles. The average molecular weight is 326 g/mol. The van der Waals surface area contributed by atoms with Crippen LogP contribution >= 0.6 is 11.6 Å². The van der Waals surface area contributed by atoms with E-state index in [-0.39, 0.29) is 12.2 Å². The van der Waals surface area contributed by atoms with Gasteiger partial charge in [0.2, 0.25) is 0 Å². The second kappa shape index (κ2) is 7.13. The number of nitrogens with zero attached hydrogens (tertiary/aromatic N) is 1. The number of phenolic OH excluding ortho intramolecular Hbond substituents is 1. The molecule has 1 fully saturated rings. The molecule has 0 spiro atoms. The van der Waals surface area contributed by atoms with Crippen LogP contribution in [0, 0.1) is 0 Å². The van der Waals surface area contributed by atoms with Gasteiger partial charge in [-0.15, -0.1) is 0 Å². The fourth-order valence-corrected chi connectivity index (χ4v) is 2.89. The lowest BCUT2D eigenvalue weighted by atomic mass is 9.98. The first kappa shape index (κ1) is 16.8. The molecule has 1 saturated heterocycles. The first-order chi connectivity index (χ1) is 10.4. The molecule has 120 valence electrons. The Labute approximate surface area is 134 Å². The summed E-state index contributed by atoms with van der Waals surface area (Å²) in [7, 11) is 0. The number of aliphatic hydroxyl groups excluding tert-OH is 1. The second-order valence-electron chi connectivity index (χ2n) is 5.70. The van der Waals surface area contributed by atoms with Gasteiger partial charge < -0.3 is 15.3 Å². The first-order valence-electron chi connectivity index (χ1n) is 7.17. The van der Waals surface area contributed by atoms with Crippen LogP contribution in [0.15, 0.2) is 23.8 Å². The van der Waals surface area contributed by atoms with Gasteiger partial charge in [0.15, 0.2) is 0 Å². The number of aliphatic carboxylic acids is 1. The number of hydrogen-bond donors (Lipinski definition) is 3. The fraction of sp³-hybridized carbons (Fsp3) is 0.438. The van der Waals surface area contributed by atoms with Crippen LogP contribution in [-0.2, 0) is 4.79 Å². The number of aromatic hydroxyl groups is 1. The van der Waals surface area contributed by atoms with Crippen LogP contribution in [0.25, 0.3) is 6.08 Å². The van der Waals surface area contributed by atoms with Gasteiger partial charge in [-0.3, -0.25) is 9.69 Å². The van der Waals surface area contributed by atoms with Gasteiger partial charge in [0.25, 0.3) is 0 Å². The maximum absolute atomic E-state index is 11.3. The molecule has 6 heteroatoms. The van der Waals surface area contributed by atoms with Gasteiger partial charge in [-0.1, -0.05) is 23.3 Å². The van der Waals surface area contributed by atoms with Gasteiger partial charge in [0, 0.05) is 23.7 Å². The minimum atomic E-state index is -0.919. The topological polar surface area (TPSA) is 81.0 Å². The average Bonchev–Trinajstić information content (AvgIpc) is 2.44. The Hall–Kier alpha value is -1.56. The van der Waals surface area contributed by atoms with Gasteiger partial charge in [-0.2, -0.15) is 0 Å². The van der Waals surface area contributed by atoms with E-state index >= 15 is 0 Å². The van der Waals surface area contributed by atoms with E-state index in [1.807, 2.05) is 11.8 Å². The van der Waals surface area contributed by atoms with E-state index in [0.29, 0.717) is 30.1 Å². The lowest BCUT2D eigenvalue weighted by molar-refractivity contribution is -0.146. The molecule has 1 aliphatic rings. The van der Waals surface area contributed by atoms with Crippen molar-refractivity contribution in [2.45, 2.75) is 31.9 Å². The Morgan fingerprint density at radius 3 is 2.91 bits per heavy atom. The van der Waals surface area contributed by atoms with Gasteiger partial charge in [-0.25, -0.2) is 0 Å². The molecule has 2 atom stereocenters. The largest absolute Gasteiger partial charge is 0.507 e. The molecule has 0 aliphatic carbocycles. The Morgan fingerprint density at radius 1 is 1.50 bits per heavy atom. The van der Waals surface area contributed by atoms with Crippen LogP contribution < -0.4 is 0 Å². The summed E-state index contributed by atoms with van der Waals surface area (Å²) in [6.45, 7) is 2.88. The molecule has 1 heterocycles. The van der Waals surface area contributed by atoms with E-state index in [2.05, 4.69) is 0 Å². The van der Waals surface area contributed by atoms with Crippen LogP contribution in [-0.4, -0.2) is 51.4 Å². The Bertz CT molecular complexity index is 588. The maximum atomic E-state index is 11.3. The van der Waals surface area contributed by atoms with E-state index in [4.69, 9.17) is 11.6 Å². The van der Waals surface area contributed by atoms with Gasteiger partial charge in [0.05, 0.1) is 6.10 Å². The summed E-state index contributed by atoms with van der Waals surface area (Å²) in [6.07, 6.45) is 2.05. The van der Waals surface area contributed by atoms with Crippen LogP contribution in [0.3, 0.4) is 0 Å². The fourth-order valence-electron chi connectivity index (χ4n) is 2.71. The highest BCUT2D eigenvalue weighted by atomic mass is 35.5. The Morgan fingerprint density at radius 2 is 2.23 bits per heavy atom. The van der Waals surface area contributed by atoms with Crippen LogP contribution in [0.4, 0.5) is 0 Å². The van der Waals surface area contributed by atoms with Crippen molar-refractivity contribution in [1.29, 1.82) is 0 Å². The molecule has 5 nitrogen and oxygen atoms in total. The minimum absolute atomic E-state index is 0.132. The number of aliphatic hydroxyl groups is 1. The lowest BCUT2D eigenvalue weighted by Gasteiger charge is -2.35. The van der Waals surface area contributed by atoms with Crippen LogP contribution in [0.5, 0.6) is 5.75 Å². The number of hydrogen-bond acceptors (Lipinski definition) is 4. The number of benzene rings is 1. The lowest BCUT2D eigenvalue weighted by Crippen LogP contribution is -2.49. The molecule has 0 unspecified atom stereocenters. The summed E-state index contributed by atoms with van der Waals surface area (Å²) in [5.74, 6) is -0.787. The number of carboxylic acids is 1.